The molecule has 0 unspecified atom stereocenters. The monoisotopic (exact) mass is 195 g/mol. The Morgan fingerprint density at radius 2 is 1.71 bits per heavy atom. The highest BCUT2D eigenvalue weighted by Crippen LogP contribution is 2.11. The summed E-state index contributed by atoms with van der Waals surface area (Å²) in [5.41, 5.74) is 1.15. The molecule has 1 rings (SSSR count). The average molecular weight is 195 g/mol. The fourth-order valence-electron chi connectivity index (χ4n) is 1.35. The zero-order valence-electron chi connectivity index (χ0n) is 8.35. The van der Waals surface area contributed by atoms with Crippen molar-refractivity contribution in [2.45, 2.75) is 19.0 Å². The Labute approximate surface area is 84.4 Å². The molecule has 0 aliphatic heterocycles. The number of nitrogens with one attached hydrogen (secondary N) is 1. The third kappa shape index (κ3) is 3.10. The van der Waals surface area contributed by atoms with Crippen molar-refractivity contribution in [1.82, 2.24) is 5.32 Å². The molecule has 0 bridgehead atoms. The topological polar surface area (TPSA) is 52.5 Å². The van der Waals surface area contributed by atoms with Crippen LogP contribution < -0.4 is 5.32 Å². The predicted molar refractivity (Wildman–Crippen MR) is 56.0 cm³/mol. The molecule has 0 fully saturated rings. The molecule has 0 amide bonds. The molecule has 0 aliphatic carbocycles. The van der Waals surface area contributed by atoms with E-state index in [-0.39, 0.29) is 25.3 Å². The first-order valence-electron chi connectivity index (χ1n) is 4.80. The van der Waals surface area contributed by atoms with Gasteiger partial charge in [0.05, 0.1) is 19.3 Å². The van der Waals surface area contributed by atoms with E-state index in [1.54, 1.807) is 0 Å². The van der Waals surface area contributed by atoms with Crippen LogP contribution in [-0.2, 0) is 0 Å². The van der Waals surface area contributed by atoms with E-state index in [9.17, 15) is 0 Å². The van der Waals surface area contributed by atoms with E-state index in [1.807, 2.05) is 37.3 Å². The summed E-state index contributed by atoms with van der Waals surface area (Å²) < 4.78 is 0. The Morgan fingerprint density at radius 3 is 2.21 bits per heavy atom. The van der Waals surface area contributed by atoms with Crippen LogP contribution in [-0.4, -0.2) is 29.5 Å². The van der Waals surface area contributed by atoms with Crippen molar-refractivity contribution in [3.8, 4) is 0 Å². The van der Waals surface area contributed by atoms with Gasteiger partial charge in [0, 0.05) is 6.04 Å². The highest BCUT2D eigenvalue weighted by Gasteiger charge is 2.10. The molecule has 0 saturated carbocycles. The van der Waals surface area contributed by atoms with E-state index < -0.39 is 0 Å². The largest absolute Gasteiger partial charge is 0.395 e. The lowest BCUT2D eigenvalue weighted by atomic mass is 10.1. The number of rotatable bonds is 5. The first-order valence-corrected chi connectivity index (χ1v) is 4.80. The minimum Gasteiger partial charge on any atom is -0.395 e. The van der Waals surface area contributed by atoms with E-state index >= 15 is 0 Å². The molecular weight excluding hydrogens is 178 g/mol. The van der Waals surface area contributed by atoms with Crippen molar-refractivity contribution in [2.24, 2.45) is 0 Å². The summed E-state index contributed by atoms with van der Waals surface area (Å²) >= 11 is 0. The highest BCUT2D eigenvalue weighted by molar-refractivity contribution is 5.18. The summed E-state index contributed by atoms with van der Waals surface area (Å²) in [4.78, 5) is 0. The molecule has 0 heterocycles. The fraction of sp³-hybridized carbons (Fsp3) is 0.455. The van der Waals surface area contributed by atoms with Gasteiger partial charge < -0.3 is 15.5 Å². The van der Waals surface area contributed by atoms with Gasteiger partial charge in [-0.05, 0) is 12.5 Å². The van der Waals surface area contributed by atoms with E-state index in [1.165, 1.54) is 0 Å². The standard InChI is InChI=1S/C11H17NO2/c1-9(12-11(7-13)8-14)10-5-3-2-4-6-10/h2-6,9,11-14H,7-8H2,1H3/t9-/m0/s1. The number of benzene rings is 1. The van der Waals surface area contributed by atoms with Crippen LogP contribution >= 0.6 is 0 Å². The van der Waals surface area contributed by atoms with Crippen molar-refractivity contribution in [1.29, 1.82) is 0 Å². The predicted octanol–water partition coefficient (Wildman–Crippen LogP) is 0.690. The molecule has 0 aliphatic rings. The summed E-state index contributed by atoms with van der Waals surface area (Å²) in [6.45, 7) is 1.91. The van der Waals surface area contributed by atoms with Crippen LogP contribution in [0.3, 0.4) is 0 Å². The van der Waals surface area contributed by atoms with Gasteiger partial charge in [-0.25, -0.2) is 0 Å². The fourth-order valence-corrected chi connectivity index (χ4v) is 1.35. The van der Waals surface area contributed by atoms with Crippen molar-refractivity contribution >= 4 is 0 Å². The molecule has 3 heteroatoms. The molecule has 0 spiro atoms. The number of hydrogen-bond donors (Lipinski definition) is 3. The second-order valence-corrected chi connectivity index (χ2v) is 3.36. The van der Waals surface area contributed by atoms with Crippen molar-refractivity contribution in [3.05, 3.63) is 35.9 Å². The first-order chi connectivity index (χ1) is 6.77. The van der Waals surface area contributed by atoms with Gasteiger partial charge in [-0.2, -0.15) is 0 Å². The maximum atomic E-state index is 8.90. The smallest absolute Gasteiger partial charge is 0.0607 e. The van der Waals surface area contributed by atoms with Gasteiger partial charge in [0.25, 0.3) is 0 Å². The second kappa shape index (κ2) is 5.75. The average Bonchev–Trinajstić information content (AvgIpc) is 2.26. The molecule has 0 aromatic heterocycles. The van der Waals surface area contributed by atoms with Gasteiger partial charge in [0.2, 0.25) is 0 Å². The summed E-state index contributed by atoms with van der Waals surface area (Å²) in [5, 5.41) is 20.9. The molecule has 1 aromatic carbocycles. The summed E-state index contributed by atoms with van der Waals surface area (Å²) in [5.74, 6) is 0. The van der Waals surface area contributed by atoms with Crippen LogP contribution in [0.2, 0.25) is 0 Å². The minimum atomic E-state index is -0.245. The first kappa shape index (κ1) is 11.2. The van der Waals surface area contributed by atoms with Gasteiger partial charge in [0.15, 0.2) is 0 Å². The van der Waals surface area contributed by atoms with E-state index in [2.05, 4.69) is 5.32 Å². The van der Waals surface area contributed by atoms with Crippen LogP contribution in [0.25, 0.3) is 0 Å². The normalized spacial score (nSPS) is 13.1. The molecule has 78 valence electrons. The van der Waals surface area contributed by atoms with Crippen LogP contribution in [0.4, 0.5) is 0 Å². The maximum Gasteiger partial charge on any atom is 0.0607 e. The van der Waals surface area contributed by atoms with Crippen molar-refractivity contribution in [3.63, 3.8) is 0 Å². The Balaban J connectivity index is 2.54. The summed E-state index contributed by atoms with van der Waals surface area (Å²) in [6.07, 6.45) is 0. The molecule has 3 N–H and O–H groups in total. The van der Waals surface area contributed by atoms with Gasteiger partial charge in [-0.3, -0.25) is 0 Å². The Kier molecular flexibility index (Phi) is 4.59. The van der Waals surface area contributed by atoms with E-state index in [0.29, 0.717) is 0 Å². The zero-order chi connectivity index (χ0) is 10.4. The minimum absolute atomic E-state index is 0.0479. The van der Waals surface area contributed by atoms with Crippen LogP contribution in [0, 0.1) is 0 Å². The van der Waals surface area contributed by atoms with Crippen LogP contribution in [0.1, 0.15) is 18.5 Å². The number of aliphatic hydroxyl groups excluding tert-OH is 2. The van der Waals surface area contributed by atoms with Crippen molar-refractivity contribution < 1.29 is 10.2 Å². The van der Waals surface area contributed by atoms with E-state index in [0.717, 1.165) is 5.56 Å². The Hall–Kier alpha value is -0.900. The van der Waals surface area contributed by atoms with Crippen molar-refractivity contribution in [2.75, 3.05) is 13.2 Å². The van der Waals surface area contributed by atoms with Gasteiger partial charge >= 0.3 is 0 Å². The summed E-state index contributed by atoms with van der Waals surface area (Å²) in [6, 6.07) is 9.84. The maximum absolute atomic E-state index is 8.90. The van der Waals surface area contributed by atoms with E-state index in [4.69, 9.17) is 10.2 Å². The van der Waals surface area contributed by atoms with Crippen LogP contribution in [0.5, 0.6) is 0 Å². The molecule has 0 radical (unpaired) electrons. The third-order valence-electron chi connectivity index (χ3n) is 2.23. The number of aliphatic hydroxyl groups is 2. The lowest BCUT2D eigenvalue weighted by molar-refractivity contribution is 0.163. The molecule has 1 atom stereocenters. The lowest BCUT2D eigenvalue weighted by Crippen LogP contribution is -2.37. The Morgan fingerprint density at radius 1 is 1.14 bits per heavy atom. The second-order valence-electron chi connectivity index (χ2n) is 3.36. The SMILES string of the molecule is C[C@H](NC(CO)CO)c1ccccc1. The molecule has 1 aromatic rings. The Bertz CT molecular complexity index is 247. The van der Waals surface area contributed by atoms with Gasteiger partial charge in [-0.15, -0.1) is 0 Å². The molecule has 3 nitrogen and oxygen atoms in total. The highest BCUT2D eigenvalue weighted by atomic mass is 16.3. The lowest BCUT2D eigenvalue weighted by Gasteiger charge is -2.20. The summed E-state index contributed by atoms with van der Waals surface area (Å²) in [7, 11) is 0. The molecule has 0 saturated heterocycles. The molecular formula is C11H17NO2. The van der Waals surface area contributed by atoms with Gasteiger partial charge in [-0.1, -0.05) is 30.3 Å². The quantitative estimate of drug-likeness (QED) is 0.648. The molecule has 14 heavy (non-hydrogen) atoms. The van der Waals surface area contributed by atoms with Gasteiger partial charge in [0.1, 0.15) is 0 Å². The third-order valence-corrected chi connectivity index (χ3v) is 2.23. The zero-order valence-corrected chi connectivity index (χ0v) is 8.35. The number of hydrogen-bond acceptors (Lipinski definition) is 3. The van der Waals surface area contributed by atoms with Crippen LogP contribution in [0.15, 0.2) is 30.3 Å².